The molecule has 1 aromatic carbocycles. The van der Waals surface area contributed by atoms with Crippen LogP contribution in [0.5, 0.6) is 0 Å². The molecule has 25 heavy (non-hydrogen) atoms. The molecule has 1 saturated heterocycles. The zero-order valence-electron chi connectivity index (χ0n) is 14.9. The van der Waals surface area contributed by atoms with Crippen LogP contribution in [0.3, 0.4) is 0 Å². The fourth-order valence-corrected chi connectivity index (χ4v) is 3.44. The molecule has 1 N–H and O–H groups in total. The molecule has 2 atom stereocenters. The predicted octanol–water partition coefficient (Wildman–Crippen LogP) is 2.72. The maximum absolute atomic E-state index is 13.3. The Morgan fingerprint density at radius 1 is 1.44 bits per heavy atom. The lowest BCUT2D eigenvalue weighted by Gasteiger charge is -2.39. The molecular weight excluding hydrogens is 317 g/mol. The van der Waals surface area contributed by atoms with Gasteiger partial charge in [0.25, 0.3) is 0 Å². The third-order valence-electron chi connectivity index (χ3n) is 4.92. The monoisotopic (exact) mass is 343 g/mol. The third kappa shape index (κ3) is 4.38. The largest absolute Gasteiger partial charge is 0.356 e. The number of piperidine rings is 1. The second kappa shape index (κ2) is 8.14. The van der Waals surface area contributed by atoms with E-state index in [4.69, 9.17) is 0 Å². The maximum atomic E-state index is 13.3. The van der Waals surface area contributed by atoms with Gasteiger partial charge in [-0.15, -0.1) is 0 Å². The highest BCUT2D eigenvalue weighted by molar-refractivity contribution is 5.80. The Hall–Kier alpha value is -2.37. The van der Waals surface area contributed by atoms with Crippen LogP contribution in [-0.4, -0.2) is 47.1 Å². The predicted molar refractivity (Wildman–Crippen MR) is 98.1 cm³/mol. The lowest BCUT2D eigenvalue weighted by atomic mass is 9.93. The van der Waals surface area contributed by atoms with Crippen molar-refractivity contribution in [2.75, 3.05) is 26.7 Å². The molecule has 0 amide bonds. The van der Waals surface area contributed by atoms with E-state index in [1.54, 1.807) is 12.1 Å². The maximum Gasteiger partial charge on any atom is 0.193 e. The number of aliphatic imine (C=N–C) groups is 1. The standard InChI is InChI=1S/C19H26FN5/c1-15-7-10-24(13-18(15)25-11-9-22-14-25)19(21-2)23-8-6-16-4-3-5-17(20)12-16/h3-5,9,11-12,14-15,18H,6-8,10,13H2,1-2H3,(H,21,23). The van der Waals surface area contributed by atoms with Crippen LogP contribution in [0.25, 0.3) is 0 Å². The number of nitrogens with one attached hydrogen (secondary N) is 1. The van der Waals surface area contributed by atoms with Crippen molar-refractivity contribution >= 4 is 5.96 Å². The van der Waals surface area contributed by atoms with Crippen molar-refractivity contribution in [1.29, 1.82) is 0 Å². The SMILES string of the molecule is CN=C(NCCc1cccc(F)c1)N1CCC(C)C(n2ccnc2)C1. The Bertz CT molecular complexity index is 698. The van der Waals surface area contributed by atoms with Gasteiger partial charge in [-0.1, -0.05) is 19.1 Å². The summed E-state index contributed by atoms with van der Waals surface area (Å²) in [6, 6.07) is 7.16. The summed E-state index contributed by atoms with van der Waals surface area (Å²) in [6.45, 7) is 4.93. The number of imidazole rings is 1. The Morgan fingerprint density at radius 3 is 3.04 bits per heavy atom. The van der Waals surface area contributed by atoms with Gasteiger partial charge >= 0.3 is 0 Å². The molecule has 0 bridgehead atoms. The van der Waals surface area contributed by atoms with Gasteiger partial charge in [-0.2, -0.15) is 0 Å². The summed E-state index contributed by atoms with van der Waals surface area (Å²) in [6.07, 6.45) is 7.65. The molecular formula is C19H26FN5. The average molecular weight is 343 g/mol. The number of hydrogen-bond acceptors (Lipinski definition) is 2. The zero-order valence-corrected chi connectivity index (χ0v) is 14.9. The first-order valence-electron chi connectivity index (χ1n) is 8.85. The molecule has 6 heteroatoms. The molecule has 0 saturated carbocycles. The molecule has 2 heterocycles. The first-order chi connectivity index (χ1) is 12.2. The highest BCUT2D eigenvalue weighted by atomic mass is 19.1. The molecule has 134 valence electrons. The van der Waals surface area contributed by atoms with Crippen LogP contribution in [-0.2, 0) is 6.42 Å². The number of rotatable bonds is 4. The van der Waals surface area contributed by atoms with E-state index >= 15 is 0 Å². The molecule has 2 aromatic rings. The Morgan fingerprint density at radius 2 is 2.32 bits per heavy atom. The number of guanidine groups is 1. The number of likely N-dealkylation sites (tertiary alicyclic amines) is 1. The number of aromatic nitrogens is 2. The van der Waals surface area contributed by atoms with E-state index in [1.807, 2.05) is 31.8 Å². The smallest absolute Gasteiger partial charge is 0.193 e. The summed E-state index contributed by atoms with van der Waals surface area (Å²) in [5.74, 6) is 1.33. The number of nitrogens with zero attached hydrogens (tertiary/aromatic N) is 4. The van der Waals surface area contributed by atoms with Gasteiger partial charge in [0.05, 0.1) is 12.4 Å². The van der Waals surface area contributed by atoms with Crippen molar-refractivity contribution < 1.29 is 4.39 Å². The van der Waals surface area contributed by atoms with Crippen molar-refractivity contribution in [1.82, 2.24) is 19.8 Å². The van der Waals surface area contributed by atoms with E-state index < -0.39 is 0 Å². The molecule has 0 aliphatic carbocycles. The Kier molecular flexibility index (Phi) is 5.68. The molecule has 1 aliphatic rings. The van der Waals surface area contributed by atoms with Gasteiger partial charge in [0, 0.05) is 39.1 Å². The summed E-state index contributed by atoms with van der Waals surface area (Å²) >= 11 is 0. The molecule has 1 aliphatic heterocycles. The van der Waals surface area contributed by atoms with Crippen molar-refractivity contribution in [2.45, 2.75) is 25.8 Å². The number of halogens is 1. The fraction of sp³-hybridized carbons (Fsp3) is 0.474. The minimum absolute atomic E-state index is 0.185. The van der Waals surface area contributed by atoms with Gasteiger partial charge in [-0.05, 0) is 36.5 Å². The quantitative estimate of drug-likeness (QED) is 0.686. The van der Waals surface area contributed by atoms with Gasteiger partial charge in [0.1, 0.15) is 5.82 Å². The van der Waals surface area contributed by atoms with Crippen LogP contribution in [0.4, 0.5) is 4.39 Å². The lowest BCUT2D eigenvalue weighted by Crippen LogP contribution is -2.49. The van der Waals surface area contributed by atoms with Gasteiger partial charge in [0.15, 0.2) is 5.96 Å². The van der Waals surface area contributed by atoms with E-state index in [9.17, 15) is 4.39 Å². The van der Waals surface area contributed by atoms with Crippen LogP contribution >= 0.6 is 0 Å². The summed E-state index contributed by atoms with van der Waals surface area (Å²) < 4.78 is 15.5. The van der Waals surface area contributed by atoms with E-state index in [0.29, 0.717) is 12.0 Å². The summed E-state index contributed by atoms with van der Waals surface area (Å²) in [7, 11) is 1.81. The minimum atomic E-state index is -0.185. The third-order valence-corrected chi connectivity index (χ3v) is 4.92. The summed E-state index contributed by atoms with van der Waals surface area (Å²) in [4.78, 5) is 10.9. The highest BCUT2D eigenvalue weighted by Gasteiger charge is 2.28. The lowest BCUT2D eigenvalue weighted by molar-refractivity contribution is 0.189. The van der Waals surface area contributed by atoms with E-state index in [2.05, 4.69) is 31.7 Å². The first kappa shape index (κ1) is 17.5. The Balaban J connectivity index is 1.57. The highest BCUT2D eigenvalue weighted by Crippen LogP contribution is 2.27. The van der Waals surface area contributed by atoms with Crippen molar-refractivity contribution in [3.8, 4) is 0 Å². The average Bonchev–Trinajstić information content (AvgIpc) is 3.14. The molecule has 1 aromatic heterocycles. The van der Waals surface area contributed by atoms with E-state index in [-0.39, 0.29) is 5.82 Å². The van der Waals surface area contributed by atoms with Crippen molar-refractivity contribution in [3.63, 3.8) is 0 Å². The number of hydrogen-bond donors (Lipinski definition) is 1. The second-order valence-corrected chi connectivity index (χ2v) is 6.64. The molecule has 1 fully saturated rings. The first-order valence-corrected chi connectivity index (χ1v) is 8.85. The summed E-state index contributed by atoms with van der Waals surface area (Å²) in [5, 5.41) is 3.42. The minimum Gasteiger partial charge on any atom is -0.356 e. The van der Waals surface area contributed by atoms with Crippen molar-refractivity contribution in [3.05, 3.63) is 54.4 Å². The molecule has 3 rings (SSSR count). The normalized spacial score (nSPS) is 21.4. The second-order valence-electron chi connectivity index (χ2n) is 6.64. The topological polar surface area (TPSA) is 45.5 Å². The zero-order chi connectivity index (χ0) is 17.6. The summed E-state index contributed by atoms with van der Waals surface area (Å²) in [5.41, 5.74) is 0.992. The van der Waals surface area contributed by atoms with Gasteiger partial charge in [0.2, 0.25) is 0 Å². The van der Waals surface area contributed by atoms with Gasteiger partial charge in [-0.25, -0.2) is 9.37 Å². The van der Waals surface area contributed by atoms with Crippen LogP contribution < -0.4 is 5.32 Å². The molecule has 2 unspecified atom stereocenters. The van der Waals surface area contributed by atoms with Crippen molar-refractivity contribution in [2.24, 2.45) is 10.9 Å². The van der Waals surface area contributed by atoms with E-state index in [0.717, 1.165) is 44.0 Å². The van der Waals surface area contributed by atoms with Crippen LogP contribution in [0.2, 0.25) is 0 Å². The number of benzene rings is 1. The fourth-order valence-electron chi connectivity index (χ4n) is 3.44. The molecule has 5 nitrogen and oxygen atoms in total. The van der Waals surface area contributed by atoms with Gasteiger partial charge in [-0.3, -0.25) is 4.99 Å². The molecule has 0 radical (unpaired) electrons. The molecule has 0 spiro atoms. The Labute approximate surface area is 148 Å². The van der Waals surface area contributed by atoms with E-state index in [1.165, 1.54) is 6.07 Å². The van der Waals surface area contributed by atoms with Crippen LogP contribution in [0.15, 0.2) is 48.0 Å². The van der Waals surface area contributed by atoms with Crippen LogP contribution in [0, 0.1) is 11.7 Å². The van der Waals surface area contributed by atoms with Crippen LogP contribution in [0.1, 0.15) is 24.9 Å². The van der Waals surface area contributed by atoms with Gasteiger partial charge < -0.3 is 14.8 Å².